The van der Waals surface area contributed by atoms with Crippen LogP contribution in [0.5, 0.6) is 0 Å². The summed E-state index contributed by atoms with van der Waals surface area (Å²) in [6.45, 7) is 1.09. The first kappa shape index (κ1) is 13.3. The van der Waals surface area contributed by atoms with E-state index in [9.17, 15) is 17.1 Å². The predicted octanol–water partition coefficient (Wildman–Crippen LogP) is -1.53. The molecule has 1 amide bonds. The quantitative estimate of drug-likeness (QED) is 0.443. The van der Waals surface area contributed by atoms with Gasteiger partial charge in [-0.15, -0.1) is 3.89 Å². The van der Waals surface area contributed by atoms with Gasteiger partial charge in [0.1, 0.15) is 5.25 Å². The van der Waals surface area contributed by atoms with Crippen LogP contribution in [0.4, 0.5) is 3.89 Å². The summed E-state index contributed by atoms with van der Waals surface area (Å²) in [5, 5.41) is 10.1. The molecule has 0 aromatic rings. The number of carbonyl (C=O) groups is 1. The third kappa shape index (κ3) is 3.69. The molecule has 1 aliphatic heterocycles. The van der Waals surface area contributed by atoms with Crippen LogP contribution >= 0.6 is 0 Å². The lowest BCUT2D eigenvalue weighted by atomic mass is 10.4. The molecule has 0 saturated carbocycles. The van der Waals surface area contributed by atoms with Gasteiger partial charge in [0.05, 0.1) is 6.61 Å². The number of hydrogen-bond acceptors (Lipinski definition) is 5. The van der Waals surface area contributed by atoms with Crippen LogP contribution in [0.2, 0.25) is 0 Å². The smallest absolute Gasteiger partial charge is 0.307 e. The average molecular weight is 254 g/mol. The molecule has 1 fully saturated rings. The van der Waals surface area contributed by atoms with Gasteiger partial charge in [-0.05, 0) is 0 Å². The highest BCUT2D eigenvalue weighted by molar-refractivity contribution is 7.87. The molecule has 0 aromatic heterocycles. The minimum absolute atomic E-state index is 0.00453. The molecule has 6 nitrogen and oxygen atoms in total. The lowest BCUT2D eigenvalue weighted by molar-refractivity contribution is -0.127. The van der Waals surface area contributed by atoms with E-state index in [1.54, 1.807) is 0 Å². The first-order valence-corrected chi connectivity index (χ1v) is 6.42. The van der Waals surface area contributed by atoms with E-state index in [1.807, 2.05) is 0 Å². The largest absolute Gasteiger partial charge is 0.395 e. The molecule has 0 spiro atoms. The molecule has 94 valence electrons. The predicted molar refractivity (Wildman–Crippen MR) is 55.0 cm³/mol. The maximum absolute atomic E-state index is 12.6. The number of carbonyl (C=O) groups excluding carboxylic acids is 1. The van der Waals surface area contributed by atoms with Crippen molar-refractivity contribution >= 4 is 16.1 Å². The van der Waals surface area contributed by atoms with Crippen molar-refractivity contribution in [2.45, 2.75) is 11.7 Å². The van der Waals surface area contributed by atoms with Crippen molar-refractivity contribution in [2.75, 3.05) is 32.8 Å². The van der Waals surface area contributed by atoms with Gasteiger partial charge in [-0.25, -0.2) is 0 Å². The highest BCUT2D eigenvalue weighted by Crippen LogP contribution is 2.18. The standard InChI is InChI=1S/C8H15FN2O4S/c9-16(14,15)7-5-8(13)11(6-7)3-1-10-2-4-12/h7,10,12H,1-6H2. The number of nitrogens with one attached hydrogen (secondary N) is 1. The Morgan fingerprint density at radius 2 is 2.19 bits per heavy atom. The number of aliphatic hydroxyl groups is 1. The normalized spacial score (nSPS) is 21.8. The van der Waals surface area contributed by atoms with Crippen LogP contribution in [0.3, 0.4) is 0 Å². The Morgan fingerprint density at radius 1 is 1.50 bits per heavy atom. The van der Waals surface area contributed by atoms with Crippen molar-refractivity contribution < 1.29 is 22.2 Å². The Hall–Kier alpha value is -0.730. The number of halogens is 1. The Balaban J connectivity index is 2.37. The zero-order valence-electron chi connectivity index (χ0n) is 8.73. The van der Waals surface area contributed by atoms with E-state index >= 15 is 0 Å². The summed E-state index contributed by atoms with van der Waals surface area (Å²) in [6, 6.07) is 0. The molecule has 0 bridgehead atoms. The van der Waals surface area contributed by atoms with Crippen LogP contribution < -0.4 is 5.32 Å². The highest BCUT2D eigenvalue weighted by Gasteiger charge is 2.37. The van der Waals surface area contributed by atoms with Crippen LogP contribution in [0, 0.1) is 0 Å². The summed E-state index contributed by atoms with van der Waals surface area (Å²) in [6.07, 6.45) is -0.279. The average Bonchev–Trinajstić information content (AvgIpc) is 2.55. The van der Waals surface area contributed by atoms with Gasteiger partial charge in [0, 0.05) is 32.6 Å². The summed E-state index contributed by atoms with van der Waals surface area (Å²) >= 11 is 0. The van der Waals surface area contributed by atoms with E-state index in [2.05, 4.69) is 5.32 Å². The number of aliphatic hydroxyl groups excluding tert-OH is 1. The third-order valence-electron chi connectivity index (χ3n) is 2.42. The van der Waals surface area contributed by atoms with Gasteiger partial charge >= 0.3 is 10.2 Å². The minimum Gasteiger partial charge on any atom is -0.395 e. The van der Waals surface area contributed by atoms with Crippen molar-refractivity contribution in [2.24, 2.45) is 0 Å². The van der Waals surface area contributed by atoms with Gasteiger partial charge < -0.3 is 15.3 Å². The third-order valence-corrected chi connectivity index (χ3v) is 3.54. The highest BCUT2D eigenvalue weighted by atomic mass is 32.3. The molecular weight excluding hydrogens is 239 g/mol. The molecule has 1 rings (SSSR count). The van der Waals surface area contributed by atoms with E-state index in [0.29, 0.717) is 19.6 Å². The SMILES string of the molecule is O=C1CC(S(=O)(=O)F)CN1CCNCCO. The second-order valence-electron chi connectivity index (χ2n) is 3.62. The molecule has 0 radical (unpaired) electrons. The van der Waals surface area contributed by atoms with Crippen LogP contribution in [-0.2, 0) is 15.0 Å². The topological polar surface area (TPSA) is 86.7 Å². The van der Waals surface area contributed by atoms with Gasteiger partial charge in [-0.2, -0.15) is 8.42 Å². The Kier molecular flexibility index (Phi) is 4.63. The molecule has 1 aliphatic rings. The number of likely N-dealkylation sites (tertiary alicyclic amines) is 1. The fourth-order valence-corrected chi connectivity index (χ4v) is 2.26. The first-order chi connectivity index (χ1) is 7.45. The fourth-order valence-electron chi connectivity index (χ4n) is 1.56. The Bertz CT molecular complexity index is 346. The lowest BCUT2D eigenvalue weighted by Gasteiger charge is -2.15. The molecule has 0 aliphatic carbocycles. The van der Waals surface area contributed by atoms with Gasteiger partial charge in [-0.1, -0.05) is 0 Å². The van der Waals surface area contributed by atoms with E-state index in [4.69, 9.17) is 5.11 Å². The molecule has 1 unspecified atom stereocenters. The van der Waals surface area contributed by atoms with E-state index < -0.39 is 15.5 Å². The number of hydrogen-bond donors (Lipinski definition) is 2. The van der Waals surface area contributed by atoms with Crippen molar-refractivity contribution in [3.63, 3.8) is 0 Å². The first-order valence-electron chi connectivity index (χ1n) is 4.98. The monoisotopic (exact) mass is 254 g/mol. The molecule has 1 heterocycles. The molecule has 1 saturated heterocycles. The Morgan fingerprint density at radius 3 is 2.69 bits per heavy atom. The van der Waals surface area contributed by atoms with E-state index in [0.717, 1.165) is 0 Å². The minimum atomic E-state index is -4.63. The number of rotatable bonds is 6. The van der Waals surface area contributed by atoms with Gasteiger partial charge in [0.25, 0.3) is 0 Å². The second-order valence-corrected chi connectivity index (χ2v) is 5.23. The van der Waals surface area contributed by atoms with E-state index in [1.165, 1.54) is 4.90 Å². The van der Waals surface area contributed by atoms with Crippen LogP contribution in [0.25, 0.3) is 0 Å². The summed E-state index contributed by atoms with van der Waals surface area (Å²) in [5.41, 5.74) is 0. The fraction of sp³-hybridized carbons (Fsp3) is 0.875. The molecule has 1 atom stereocenters. The Labute approximate surface area is 93.6 Å². The maximum atomic E-state index is 12.6. The maximum Gasteiger partial charge on any atom is 0.307 e. The summed E-state index contributed by atoms with van der Waals surface area (Å²) in [4.78, 5) is 12.6. The molecule has 2 N–H and O–H groups in total. The number of amides is 1. The summed E-state index contributed by atoms with van der Waals surface area (Å²) < 4.78 is 33.8. The van der Waals surface area contributed by atoms with Crippen molar-refractivity contribution in [3.05, 3.63) is 0 Å². The second kappa shape index (κ2) is 5.55. The van der Waals surface area contributed by atoms with E-state index in [-0.39, 0.29) is 25.5 Å². The zero-order valence-corrected chi connectivity index (χ0v) is 9.54. The molecule has 8 heteroatoms. The van der Waals surface area contributed by atoms with Crippen LogP contribution in [0.1, 0.15) is 6.42 Å². The van der Waals surface area contributed by atoms with Crippen molar-refractivity contribution in [1.29, 1.82) is 0 Å². The van der Waals surface area contributed by atoms with Crippen molar-refractivity contribution in [3.8, 4) is 0 Å². The molecule has 16 heavy (non-hydrogen) atoms. The van der Waals surface area contributed by atoms with Gasteiger partial charge in [0.2, 0.25) is 5.91 Å². The lowest BCUT2D eigenvalue weighted by Crippen LogP contribution is -2.35. The number of nitrogens with zero attached hydrogens (tertiary/aromatic N) is 1. The summed E-state index contributed by atoms with van der Waals surface area (Å²) in [7, 11) is -4.63. The zero-order chi connectivity index (χ0) is 12.2. The summed E-state index contributed by atoms with van der Waals surface area (Å²) in [5.74, 6) is -0.350. The molecule has 0 aromatic carbocycles. The molecular formula is C8H15FN2O4S. The van der Waals surface area contributed by atoms with Crippen LogP contribution in [-0.4, -0.2) is 62.4 Å². The van der Waals surface area contributed by atoms with Gasteiger partial charge in [-0.3, -0.25) is 4.79 Å². The van der Waals surface area contributed by atoms with Crippen LogP contribution in [0.15, 0.2) is 0 Å². The van der Waals surface area contributed by atoms with Gasteiger partial charge in [0.15, 0.2) is 0 Å². The van der Waals surface area contributed by atoms with Crippen molar-refractivity contribution in [1.82, 2.24) is 10.2 Å².